The van der Waals surface area contributed by atoms with E-state index in [2.05, 4.69) is 19.7 Å². The molecule has 11 nitrogen and oxygen atoms in total. The molecule has 1 unspecified atom stereocenters. The van der Waals surface area contributed by atoms with Crippen LogP contribution in [0.1, 0.15) is 18.5 Å². The van der Waals surface area contributed by atoms with E-state index in [1.807, 2.05) is 0 Å². The molecule has 0 N–H and O–H groups in total. The fraction of sp³-hybridized carbons (Fsp3) is 0.300. The van der Waals surface area contributed by atoms with Crippen molar-refractivity contribution in [2.75, 3.05) is 6.61 Å². The van der Waals surface area contributed by atoms with Gasteiger partial charge >= 0.3 is 47.3 Å². The maximum Gasteiger partial charge on any atom is 1.00 e. The SMILES string of the molecule is CCOC(=O)C(c1ccc([N+](=O)[O-])c2nonc12)[N+](=O)[O-].[Na+]. The number of nitro benzene ring substituents is 1. The third kappa shape index (κ3) is 3.21. The van der Waals surface area contributed by atoms with Crippen molar-refractivity contribution in [3.05, 3.63) is 37.9 Å². The molecule has 2 rings (SSSR count). The fourth-order valence-corrected chi connectivity index (χ4v) is 1.79. The standard InChI is InChI=1S/C10H8N4O7.Na/c1-2-20-10(15)9(14(18)19)5-3-4-6(13(16)17)8-7(5)11-21-12-8;/h3-4,9H,2H2,1H3;/q;+1. The molecule has 12 heteroatoms. The van der Waals surface area contributed by atoms with Crippen LogP contribution in [-0.4, -0.2) is 32.7 Å². The molecular formula is C10H8N4NaO7+. The Morgan fingerprint density at radius 3 is 2.50 bits per heavy atom. The molecule has 0 saturated heterocycles. The molecule has 1 aromatic carbocycles. The average Bonchev–Trinajstić information content (AvgIpc) is 2.87. The number of fused-ring (bicyclic) bond motifs is 1. The number of hydrogen-bond acceptors (Lipinski definition) is 9. The van der Waals surface area contributed by atoms with E-state index in [-0.39, 0.29) is 52.8 Å². The zero-order valence-corrected chi connectivity index (χ0v) is 13.6. The van der Waals surface area contributed by atoms with E-state index in [1.54, 1.807) is 0 Å². The van der Waals surface area contributed by atoms with Gasteiger partial charge in [0.25, 0.3) is 0 Å². The van der Waals surface area contributed by atoms with Crippen LogP contribution in [0.25, 0.3) is 11.0 Å². The van der Waals surface area contributed by atoms with E-state index in [9.17, 15) is 25.0 Å². The van der Waals surface area contributed by atoms with E-state index in [4.69, 9.17) is 0 Å². The summed E-state index contributed by atoms with van der Waals surface area (Å²) in [6.07, 6.45) is 0. The number of nitro groups is 2. The van der Waals surface area contributed by atoms with Gasteiger partial charge in [0, 0.05) is 11.0 Å². The first-order chi connectivity index (χ1) is 9.97. The van der Waals surface area contributed by atoms with Crippen LogP contribution < -0.4 is 29.6 Å². The molecule has 2 aromatic rings. The third-order valence-electron chi connectivity index (χ3n) is 2.64. The molecule has 0 bridgehead atoms. The molecule has 0 aliphatic heterocycles. The van der Waals surface area contributed by atoms with Crippen molar-refractivity contribution in [2.24, 2.45) is 0 Å². The smallest absolute Gasteiger partial charge is 0.461 e. The van der Waals surface area contributed by atoms with Crippen LogP contribution in [-0.2, 0) is 9.53 Å². The normalized spacial score (nSPS) is 11.5. The van der Waals surface area contributed by atoms with E-state index >= 15 is 0 Å². The van der Waals surface area contributed by atoms with Crippen molar-refractivity contribution >= 4 is 22.7 Å². The molecule has 1 atom stereocenters. The predicted molar refractivity (Wildman–Crippen MR) is 64.8 cm³/mol. The van der Waals surface area contributed by atoms with Gasteiger partial charge in [-0.1, -0.05) is 0 Å². The van der Waals surface area contributed by atoms with Crippen molar-refractivity contribution in [1.29, 1.82) is 0 Å². The number of rotatable bonds is 5. The molecule has 1 aromatic heterocycles. The molecule has 0 amide bonds. The minimum atomic E-state index is -1.86. The van der Waals surface area contributed by atoms with Gasteiger partial charge in [0.2, 0.25) is 5.52 Å². The van der Waals surface area contributed by atoms with Gasteiger partial charge in [0.05, 0.1) is 17.1 Å². The van der Waals surface area contributed by atoms with Crippen molar-refractivity contribution in [3.63, 3.8) is 0 Å². The number of non-ortho nitro benzene ring substituents is 1. The van der Waals surface area contributed by atoms with Crippen LogP contribution in [0.15, 0.2) is 16.8 Å². The van der Waals surface area contributed by atoms with Crippen molar-refractivity contribution in [2.45, 2.75) is 13.0 Å². The third-order valence-corrected chi connectivity index (χ3v) is 2.64. The maximum atomic E-state index is 11.7. The molecule has 0 spiro atoms. The molecule has 0 radical (unpaired) electrons. The van der Waals surface area contributed by atoms with E-state index in [1.165, 1.54) is 6.92 Å². The summed E-state index contributed by atoms with van der Waals surface area (Å²) in [6.45, 7) is 1.45. The van der Waals surface area contributed by atoms with Crippen molar-refractivity contribution in [3.8, 4) is 0 Å². The second kappa shape index (κ2) is 7.24. The van der Waals surface area contributed by atoms with Crippen LogP contribution >= 0.6 is 0 Å². The number of esters is 1. The number of ether oxygens (including phenoxy) is 1. The molecular weight excluding hydrogens is 311 g/mol. The molecule has 110 valence electrons. The van der Waals surface area contributed by atoms with E-state index in [0.717, 1.165) is 12.1 Å². The minimum absolute atomic E-state index is 0. The number of carbonyl (C=O) groups excluding carboxylic acids is 1. The Bertz CT molecular complexity index is 731. The predicted octanol–water partition coefficient (Wildman–Crippen LogP) is -1.98. The van der Waals surface area contributed by atoms with Gasteiger partial charge < -0.3 is 4.74 Å². The summed E-state index contributed by atoms with van der Waals surface area (Å²) in [5.41, 5.74) is -1.10. The van der Waals surface area contributed by atoms with E-state index in [0.29, 0.717) is 0 Å². The monoisotopic (exact) mass is 319 g/mol. The van der Waals surface area contributed by atoms with Crippen LogP contribution in [0.4, 0.5) is 5.69 Å². The van der Waals surface area contributed by atoms with Crippen molar-refractivity contribution < 1.29 is 53.6 Å². The van der Waals surface area contributed by atoms with Crippen LogP contribution in [0.5, 0.6) is 0 Å². The summed E-state index contributed by atoms with van der Waals surface area (Å²) in [4.78, 5) is 32.0. The Kier molecular flexibility index (Phi) is 5.91. The van der Waals surface area contributed by atoms with E-state index < -0.39 is 27.5 Å². The fourth-order valence-electron chi connectivity index (χ4n) is 1.79. The Hall–Kier alpha value is -2.11. The topological polar surface area (TPSA) is 152 Å². The van der Waals surface area contributed by atoms with Gasteiger partial charge in [-0.15, -0.1) is 0 Å². The second-order valence-corrected chi connectivity index (χ2v) is 3.83. The Morgan fingerprint density at radius 1 is 1.32 bits per heavy atom. The zero-order chi connectivity index (χ0) is 15.6. The van der Waals surface area contributed by atoms with Crippen LogP contribution in [0.2, 0.25) is 0 Å². The molecule has 22 heavy (non-hydrogen) atoms. The van der Waals surface area contributed by atoms with Gasteiger partial charge in [-0.25, -0.2) is 9.42 Å². The summed E-state index contributed by atoms with van der Waals surface area (Å²) >= 11 is 0. The number of nitrogens with zero attached hydrogens (tertiary/aromatic N) is 4. The van der Waals surface area contributed by atoms with Crippen molar-refractivity contribution in [1.82, 2.24) is 10.3 Å². The Balaban J connectivity index is 0.00000242. The molecule has 0 fully saturated rings. The summed E-state index contributed by atoms with van der Waals surface area (Å²) in [6, 6.07) is 0.201. The molecule has 1 heterocycles. The maximum absolute atomic E-state index is 11.7. The Labute approximate surface area is 144 Å². The van der Waals surface area contributed by atoms with Crippen LogP contribution in [0.3, 0.4) is 0 Å². The minimum Gasteiger partial charge on any atom is -0.461 e. The quantitative estimate of drug-likeness (QED) is 0.264. The number of carbonyl (C=O) groups is 1. The average molecular weight is 319 g/mol. The molecule has 0 saturated carbocycles. The summed E-state index contributed by atoms with van der Waals surface area (Å²) < 4.78 is 9.02. The van der Waals surface area contributed by atoms with Crippen LogP contribution in [0, 0.1) is 20.2 Å². The summed E-state index contributed by atoms with van der Waals surface area (Å²) in [7, 11) is 0. The summed E-state index contributed by atoms with van der Waals surface area (Å²) in [5, 5.41) is 28.7. The summed E-state index contributed by atoms with van der Waals surface area (Å²) in [5.74, 6) is -1.10. The Morgan fingerprint density at radius 2 is 1.95 bits per heavy atom. The van der Waals surface area contributed by atoms with Gasteiger partial charge in [-0.05, 0) is 23.3 Å². The van der Waals surface area contributed by atoms with Gasteiger partial charge in [-0.2, -0.15) is 0 Å². The zero-order valence-electron chi connectivity index (χ0n) is 11.6. The molecule has 0 aliphatic rings. The van der Waals surface area contributed by atoms with Gasteiger partial charge in [0.1, 0.15) is 0 Å². The first kappa shape index (κ1) is 17.9. The number of hydrogen-bond donors (Lipinski definition) is 0. The van der Waals surface area contributed by atoms with Gasteiger partial charge in [-0.3, -0.25) is 20.2 Å². The first-order valence-electron chi connectivity index (χ1n) is 5.67. The largest absolute Gasteiger partial charge is 1.00 e. The number of aromatic nitrogens is 2. The second-order valence-electron chi connectivity index (χ2n) is 3.83. The number of benzene rings is 1. The first-order valence-corrected chi connectivity index (χ1v) is 5.67. The molecule has 0 aliphatic carbocycles. The van der Waals surface area contributed by atoms with Gasteiger partial charge in [0.15, 0.2) is 5.52 Å².